The number of aliphatic hydroxyl groups is 2. The van der Waals surface area contributed by atoms with Gasteiger partial charge in [0.2, 0.25) is 0 Å². The van der Waals surface area contributed by atoms with E-state index in [0.29, 0.717) is 0 Å². The van der Waals surface area contributed by atoms with Gasteiger partial charge in [-0.3, -0.25) is 0 Å². The van der Waals surface area contributed by atoms with Crippen molar-refractivity contribution in [2.24, 2.45) is 0 Å². The zero-order valence-electron chi connectivity index (χ0n) is 13.7. The molecule has 0 fully saturated rings. The van der Waals surface area contributed by atoms with Gasteiger partial charge in [-0.15, -0.1) is 6.58 Å². The maximum Gasteiger partial charge on any atom is 0.303 e. The van der Waals surface area contributed by atoms with Crippen molar-refractivity contribution >= 4 is 11.0 Å². The Morgan fingerprint density at radius 3 is 2.42 bits per heavy atom. The fourth-order valence-corrected chi connectivity index (χ4v) is 2.68. The van der Waals surface area contributed by atoms with Crippen molar-refractivity contribution in [1.29, 1.82) is 0 Å². The van der Waals surface area contributed by atoms with E-state index in [1.807, 2.05) is 0 Å². The Hall–Kier alpha value is -1.22. The molecule has 0 heterocycles. The molecular formula is C16H22F3NO3S. The Morgan fingerprint density at radius 2 is 1.96 bits per heavy atom. The van der Waals surface area contributed by atoms with E-state index in [0.717, 1.165) is 6.07 Å². The number of nitrogens with one attached hydrogen (secondary N) is 1. The first-order chi connectivity index (χ1) is 11.0. The van der Waals surface area contributed by atoms with Gasteiger partial charge in [0.25, 0.3) is 0 Å². The number of hydrogen-bond acceptors (Lipinski definition) is 3. The number of rotatable bonds is 7. The number of aliphatic hydroxyl groups excluding tert-OH is 2. The number of halogens is 3. The van der Waals surface area contributed by atoms with E-state index >= 15 is 0 Å². The van der Waals surface area contributed by atoms with Crippen molar-refractivity contribution < 1.29 is 27.6 Å². The Kier molecular flexibility index (Phi) is 6.75. The van der Waals surface area contributed by atoms with Crippen molar-refractivity contribution in [3.8, 4) is 0 Å². The average molecular weight is 365 g/mol. The summed E-state index contributed by atoms with van der Waals surface area (Å²) in [6, 6.07) is 2.33. The van der Waals surface area contributed by atoms with Crippen molar-refractivity contribution in [3.05, 3.63) is 47.8 Å². The van der Waals surface area contributed by atoms with Gasteiger partial charge >= 0.3 is 5.92 Å². The smallest absolute Gasteiger partial charge is 0.303 e. The molecule has 3 N–H and O–H groups in total. The van der Waals surface area contributed by atoms with Crippen LogP contribution < -0.4 is 4.72 Å². The average Bonchev–Trinajstić information content (AvgIpc) is 2.50. The summed E-state index contributed by atoms with van der Waals surface area (Å²) >= 11 is 0. The zero-order chi connectivity index (χ0) is 18.7. The van der Waals surface area contributed by atoms with Crippen molar-refractivity contribution in [2.75, 3.05) is 6.61 Å². The molecule has 0 saturated heterocycles. The Balaban J connectivity index is 3.28. The fourth-order valence-electron chi connectivity index (χ4n) is 1.87. The summed E-state index contributed by atoms with van der Waals surface area (Å²) < 4.78 is 56.9. The van der Waals surface area contributed by atoms with Gasteiger partial charge in [-0.05, 0) is 26.8 Å². The van der Waals surface area contributed by atoms with Crippen LogP contribution in [0.15, 0.2) is 30.9 Å². The predicted molar refractivity (Wildman–Crippen MR) is 87.4 cm³/mol. The third-order valence-corrected chi connectivity index (χ3v) is 4.92. The van der Waals surface area contributed by atoms with Crippen LogP contribution in [-0.4, -0.2) is 31.9 Å². The number of benzene rings is 1. The zero-order valence-corrected chi connectivity index (χ0v) is 14.5. The summed E-state index contributed by atoms with van der Waals surface area (Å²) in [7, 11) is -1.58. The first-order valence-corrected chi connectivity index (χ1v) is 8.38. The van der Waals surface area contributed by atoms with E-state index in [1.54, 1.807) is 20.8 Å². The molecule has 0 aliphatic heterocycles. The Bertz CT molecular complexity index is 617. The first kappa shape index (κ1) is 20.8. The molecule has 0 aliphatic carbocycles. The molecule has 0 amide bonds. The summed E-state index contributed by atoms with van der Waals surface area (Å²) in [6.07, 6.45) is -1.17. The minimum Gasteiger partial charge on any atom is -0.393 e. The van der Waals surface area contributed by atoms with Crippen LogP contribution in [0.2, 0.25) is 0 Å². The van der Waals surface area contributed by atoms with Crippen molar-refractivity contribution in [2.45, 2.75) is 43.6 Å². The highest BCUT2D eigenvalue weighted by Gasteiger charge is 2.43. The molecule has 8 heteroatoms. The summed E-state index contributed by atoms with van der Waals surface area (Å²) in [4.78, 5) is 0. The molecule has 0 saturated carbocycles. The Labute approximate surface area is 142 Å². The topological polar surface area (TPSA) is 69.6 Å². The molecule has 0 aliphatic rings. The third-order valence-electron chi connectivity index (χ3n) is 3.34. The van der Waals surface area contributed by atoms with E-state index in [4.69, 9.17) is 5.11 Å². The molecule has 4 nitrogen and oxygen atoms in total. The molecule has 0 unspecified atom stereocenters. The summed E-state index contributed by atoms with van der Waals surface area (Å²) in [5.74, 6) is -5.22. The lowest BCUT2D eigenvalue weighted by molar-refractivity contribution is -0.133. The lowest BCUT2D eigenvalue weighted by Crippen LogP contribution is -2.37. The van der Waals surface area contributed by atoms with Crippen LogP contribution in [-0.2, 0) is 16.9 Å². The van der Waals surface area contributed by atoms with Crippen LogP contribution >= 0.6 is 0 Å². The monoisotopic (exact) mass is 365 g/mol. The van der Waals surface area contributed by atoms with Crippen LogP contribution in [0, 0.1) is 5.82 Å². The maximum atomic E-state index is 14.6. The van der Waals surface area contributed by atoms with Crippen molar-refractivity contribution in [1.82, 2.24) is 4.72 Å². The second-order valence-electron chi connectivity index (χ2n) is 6.24. The first-order valence-electron chi connectivity index (χ1n) is 7.23. The highest BCUT2D eigenvalue weighted by Crippen LogP contribution is 2.36. The van der Waals surface area contributed by atoms with Gasteiger partial charge in [-0.1, -0.05) is 18.2 Å². The lowest BCUT2D eigenvalue weighted by Gasteiger charge is -2.25. The molecular weight excluding hydrogens is 343 g/mol. The lowest BCUT2D eigenvalue weighted by atomic mass is 9.97. The number of hydrogen-bond donors (Lipinski definition) is 3. The predicted octanol–water partition coefficient (Wildman–Crippen LogP) is 2.55. The molecule has 24 heavy (non-hydrogen) atoms. The SMILES string of the molecule is C=C[C@@H](N[S@](=O)C(C)(C)C)c1cccc(C(F)(F)[C@H](O)CO)c1F. The molecule has 0 aromatic heterocycles. The highest BCUT2D eigenvalue weighted by molar-refractivity contribution is 7.84. The van der Waals surface area contributed by atoms with Crippen LogP contribution in [0.3, 0.4) is 0 Å². The second-order valence-corrected chi connectivity index (χ2v) is 8.24. The van der Waals surface area contributed by atoms with Gasteiger partial charge in [-0.25, -0.2) is 13.3 Å². The third kappa shape index (κ3) is 4.44. The molecule has 0 radical (unpaired) electrons. The quantitative estimate of drug-likeness (QED) is 0.651. The van der Waals surface area contributed by atoms with Gasteiger partial charge in [0.1, 0.15) is 11.9 Å². The van der Waals surface area contributed by atoms with E-state index in [1.165, 1.54) is 18.2 Å². The summed E-state index contributed by atoms with van der Waals surface area (Å²) in [5.41, 5.74) is -1.22. The van der Waals surface area contributed by atoms with Crippen LogP contribution in [0.1, 0.15) is 37.9 Å². The molecule has 1 aromatic carbocycles. The number of alkyl halides is 2. The van der Waals surface area contributed by atoms with E-state index in [-0.39, 0.29) is 5.56 Å². The molecule has 1 aromatic rings. The van der Waals surface area contributed by atoms with Gasteiger partial charge in [0, 0.05) is 5.56 Å². The molecule has 0 bridgehead atoms. The summed E-state index contributed by atoms with van der Waals surface area (Å²) in [5, 5.41) is 18.0. The van der Waals surface area contributed by atoms with E-state index < -0.39 is 51.8 Å². The normalized spacial score (nSPS) is 16.5. The molecule has 136 valence electrons. The molecule has 1 rings (SSSR count). The van der Waals surface area contributed by atoms with Crippen molar-refractivity contribution in [3.63, 3.8) is 0 Å². The molecule has 3 atom stereocenters. The van der Waals surface area contributed by atoms with Gasteiger partial charge in [0.15, 0.2) is 0 Å². The van der Waals surface area contributed by atoms with Gasteiger partial charge < -0.3 is 10.2 Å². The van der Waals surface area contributed by atoms with E-state index in [9.17, 15) is 22.5 Å². The highest BCUT2D eigenvalue weighted by atomic mass is 32.2. The second kappa shape index (κ2) is 7.77. The Morgan fingerprint density at radius 1 is 1.38 bits per heavy atom. The minimum atomic E-state index is -3.97. The standard InChI is InChI=1S/C16H22F3NO3S/c1-5-12(20-24(23)15(2,3)4)10-7-6-8-11(14(10)17)16(18,19)13(22)9-21/h5-8,12-13,20-22H,1,9H2,2-4H3/t12-,13-,24-/m1/s1. The molecule has 0 spiro atoms. The van der Waals surface area contributed by atoms with Gasteiger partial charge in [0.05, 0.1) is 33.9 Å². The minimum absolute atomic E-state index is 0.176. The largest absolute Gasteiger partial charge is 0.393 e. The van der Waals surface area contributed by atoms with Crippen LogP contribution in [0.25, 0.3) is 0 Å². The van der Waals surface area contributed by atoms with Crippen LogP contribution in [0.5, 0.6) is 0 Å². The van der Waals surface area contributed by atoms with E-state index in [2.05, 4.69) is 11.3 Å². The van der Waals surface area contributed by atoms with Gasteiger partial charge in [-0.2, -0.15) is 8.78 Å². The van der Waals surface area contributed by atoms with Crippen LogP contribution in [0.4, 0.5) is 13.2 Å². The fraction of sp³-hybridized carbons (Fsp3) is 0.500. The summed E-state index contributed by atoms with van der Waals surface area (Å²) in [6.45, 7) is 7.41. The maximum absolute atomic E-state index is 14.6.